The van der Waals surface area contributed by atoms with E-state index in [2.05, 4.69) is 20.8 Å². The van der Waals surface area contributed by atoms with E-state index in [4.69, 9.17) is 4.74 Å². The number of nitrogens with zero attached hydrogens (tertiary/aromatic N) is 2. The van der Waals surface area contributed by atoms with E-state index in [1.165, 1.54) is 11.3 Å². The number of nitrogens with one attached hydrogen (secondary N) is 2. The third-order valence-electron chi connectivity index (χ3n) is 4.51. The Bertz CT molecular complexity index is 1240. The molecule has 0 saturated carbocycles. The van der Waals surface area contributed by atoms with Gasteiger partial charge in [-0.3, -0.25) is 14.9 Å². The van der Waals surface area contributed by atoms with Gasteiger partial charge < -0.3 is 10.1 Å². The van der Waals surface area contributed by atoms with Crippen LogP contribution in [0, 0.1) is 0 Å². The van der Waals surface area contributed by atoms with Crippen LogP contribution in [-0.2, 0) is 6.42 Å². The maximum Gasteiger partial charge on any atom is 0.259 e. The van der Waals surface area contributed by atoms with Gasteiger partial charge in [0.2, 0.25) is 5.13 Å². The number of anilines is 2. The second-order valence-corrected chi connectivity index (χ2v) is 7.78. The van der Waals surface area contributed by atoms with Gasteiger partial charge in [0.25, 0.3) is 11.8 Å². The Balaban J connectivity index is 1.54. The van der Waals surface area contributed by atoms with Crippen molar-refractivity contribution in [3.63, 3.8) is 0 Å². The fraction of sp³-hybridized carbons (Fsp3) is 0.0833. The van der Waals surface area contributed by atoms with Gasteiger partial charge in [-0.2, -0.15) is 0 Å². The molecule has 0 aliphatic rings. The van der Waals surface area contributed by atoms with Crippen molar-refractivity contribution in [1.82, 2.24) is 10.2 Å². The molecule has 0 saturated heterocycles. The molecule has 0 bridgehead atoms. The molecule has 2 amide bonds. The zero-order valence-electron chi connectivity index (χ0n) is 17.2. The zero-order chi connectivity index (χ0) is 22.3. The molecule has 1 heterocycles. The minimum absolute atomic E-state index is 0.315. The zero-order valence-corrected chi connectivity index (χ0v) is 18.1. The lowest BCUT2D eigenvalue weighted by Gasteiger charge is -2.13. The molecule has 7 nitrogen and oxygen atoms in total. The van der Waals surface area contributed by atoms with E-state index >= 15 is 0 Å². The summed E-state index contributed by atoms with van der Waals surface area (Å²) in [6.07, 6.45) is 0.741. The molecule has 3 aromatic carbocycles. The summed E-state index contributed by atoms with van der Waals surface area (Å²) in [6.45, 7) is 1.97. The van der Waals surface area contributed by atoms with Gasteiger partial charge >= 0.3 is 0 Å². The normalized spacial score (nSPS) is 10.4. The van der Waals surface area contributed by atoms with Gasteiger partial charge in [-0.15, -0.1) is 10.2 Å². The molecule has 0 atom stereocenters. The van der Waals surface area contributed by atoms with Crippen LogP contribution in [0.2, 0.25) is 0 Å². The largest absolute Gasteiger partial charge is 0.457 e. The number of amides is 2. The van der Waals surface area contributed by atoms with E-state index in [1.807, 2.05) is 37.3 Å². The molecule has 0 spiro atoms. The maximum absolute atomic E-state index is 13.1. The van der Waals surface area contributed by atoms with Gasteiger partial charge in [0, 0.05) is 0 Å². The molecular formula is C24H20N4O3S. The van der Waals surface area contributed by atoms with Gasteiger partial charge in [-0.1, -0.05) is 60.7 Å². The summed E-state index contributed by atoms with van der Waals surface area (Å²) in [5.41, 5.74) is 1.04. The van der Waals surface area contributed by atoms with Crippen LogP contribution in [-0.4, -0.2) is 22.0 Å². The van der Waals surface area contributed by atoms with Crippen molar-refractivity contribution in [2.75, 3.05) is 10.6 Å². The summed E-state index contributed by atoms with van der Waals surface area (Å²) in [5.74, 6) is 0.268. The Morgan fingerprint density at radius 3 is 2.22 bits per heavy atom. The lowest BCUT2D eigenvalue weighted by atomic mass is 10.1. The molecule has 0 aliphatic heterocycles. The first-order valence-electron chi connectivity index (χ1n) is 10.00. The van der Waals surface area contributed by atoms with Crippen molar-refractivity contribution in [3.05, 3.63) is 95.0 Å². The average molecular weight is 445 g/mol. The van der Waals surface area contributed by atoms with Gasteiger partial charge in [-0.25, -0.2) is 0 Å². The number of aromatic nitrogens is 2. The number of para-hydroxylation sites is 3. The molecule has 2 N–H and O–H groups in total. The van der Waals surface area contributed by atoms with E-state index in [0.717, 1.165) is 11.4 Å². The molecule has 0 aliphatic carbocycles. The van der Waals surface area contributed by atoms with E-state index in [1.54, 1.807) is 48.5 Å². The smallest absolute Gasteiger partial charge is 0.259 e. The van der Waals surface area contributed by atoms with Crippen LogP contribution in [0.3, 0.4) is 0 Å². The van der Waals surface area contributed by atoms with E-state index < -0.39 is 0 Å². The molecule has 0 radical (unpaired) electrons. The van der Waals surface area contributed by atoms with Crippen molar-refractivity contribution in [2.45, 2.75) is 13.3 Å². The summed E-state index contributed by atoms with van der Waals surface area (Å²) < 4.78 is 5.88. The lowest BCUT2D eigenvalue weighted by molar-refractivity contribution is 0.102. The summed E-state index contributed by atoms with van der Waals surface area (Å²) in [7, 11) is 0. The van der Waals surface area contributed by atoms with Crippen LogP contribution in [0.5, 0.6) is 11.5 Å². The third kappa shape index (κ3) is 4.98. The van der Waals surface area contributed by atoms with Gasteiger partial charge in [0.1, 0.15) is 16.5 Å². The predicted octanol–water partition coefficient (Wildman–Crippen LogP) is 5.40. The van der Waals surface area contributed by atoms with Crippen molar-refractivity contribution < 1.29 is 14.3 Å². The van der Waals surface area contributed by atoms with E-state index in [-0.39, 0.29) is 11.8 Å². The second-order valence-electron chi connectivity index (χ2n) is 6.72. The van der Waals surface area contributed by atoms with E-state index in [0.29, 0.717) is 33.4 Å². The molecule has 0 unspecified atom stereocenters. The maximum atomic E-state index is 13.1. The summed E-state index contributed by atoms with van der Waals surface area (Å²) in [5, 5.41) is 14.8. The highest BCUT2D eigenvalue weighted by Gasteiger charge is 2.18. The van der Waals surface area contributed by atoms with Crippen LogP contribution in [0.15, 0.2) is 78.9 Å². The first-order chi connectivity index (χ1) is 15.6. The molecule has 8 heteroatoms. The first-order valence-corrected chi connectivity index (χ1v) is 10.8. The first kappa shape index (κ1) is 21.2. The average Bonchev–Trinajstić information content (AvgIpc) is 3.28. The number of ether oxygens (including phenoxy) is 1. The highest BCUT2D eigenvalue weighted by Crippen LogP contribution is 2.27. The predicted molar refractivity (Wildman–Crippen MR) is 125 cm³/mol. The molecule has 4 aromatic rings. The minimum atomic E-state index is -0.388. The van der Waals surface area contributed by atoms with Crippen LogP contribution in [0.1, 0.15) is 32.6 Å². The van der Waals surface area contributed by atoms with Crippen LogP contribution < -0.4 is 15.4 Å². The molecule has 160 valence electrons. The molecule has 1 aromatic heterocycles. The fourth-order valence-electron chi connectivity index (χ4n) is 2.95. The van der Waals surface area contributed by atoms with Crippen LogP contribution in [0.25, 0.3) is 0 Å². The number of hydrogen-bond donors (Lipinski definition) is 2. The number of carbonyl (C=O) groups is 2. The van der Waals surface area contributed by atoms with Crippen molar-refractivity contribution in [2.24, 2.45) is 0 Å². The monoisotopic (exact) mass is 444 g/mol. The quantitative estimate of drug-likeness (QED) is 0.398. The highest BCUT2D eigenvalue weighted by atomic mass is 32.1. The standard InChI is InChI=1S/C24H20N4O3S/c1-2-21-27-28-24(32-21)26-22(29)17-12-6-8-14-19(17)25-23(30)18-13-7-9-15-20(18)31-16-10-4-3-5-11-16/h3-15H,2H2,1H3,(H,25,30)(H,26,28,29). The second kappa shape index (κ2) is 9.84. The van der Waals surface area contributed by atoms with Crippen LogP contribution >= 0.6 is 11.3 Å². The van der Waals surface area contributed by atoms with Crippen LogP contribution in [0.4, 0.5) is 10.8 Å². The van der Waals surface area contributed by atoms with Crippen molar-refractivity contribution >= 4 is 34.0 Å². The number of hydrogen-bond acceptors (Lipinski definition) is 6. The summed E-state index contributed by atoms with van der Waals surface area (Å²) in [6, 6.07) is 23.0. The molecule has 32 heavy (non-hydrogen) atoms. The number of benzene rings is 3. The Labute approximate surface area is 189 Å². The molecule has 0 fully saturated rings. The fourth-order valence-corrected chi connectivity index (χ4v) is 3.62. The molecule has 4 rings (SSSR count). The highest BCUT2D eigenvalue weighted by molar-refractivity contribution is 7.15. The third-order valence-corrected chi connectivity index (χ3v) is 5.50. The summed E-state index contributed by atoms with van der Waals surface area (Å²) >= 11 is 1.32. The Hall–Kier alpha value is -4.04. The van der Waals surface area contributed by atoms with E-state index in [9.17, 15) is 9.59 Å². The Morgan fingerprint density at radius 2 is 1.47 bits per heavy atom. The summed E-state index contributed by atoms with van der Waals surface area (Å²) in [4.78, 5) is 25.9. The number of rotatable bonds is 7. The number of aryl methyl sites for hydroxylation is 1. The SMILES string of the molecule is CCc1nnc(NC(=O)c2ccccc2NC(=O)c2ccccc2Oc2ccccc2)s1. The Morgan fingerprint density at radius 1 is 0.812 bits per heavy atom. The Kier molecular flexibility index (Phi) is 6.52. The van der Waals surface area contributed by atoms with Gasteiger partial charge in [0.05, 0.1) is 16.8 Å². The number of carbonyl (C=O) groups excluding carboxylic acids is 2. The molecular weight excluding hydrogens is 424 g/mol. The minimum Gasteiger partial charge on any atom is -0.457 e. The van der Waals surface area contributed by atoms with Gasteiger partial charge in [-0.05, 0) is 42.8 Å². The lowest BCUT2D eigenvalue weighted by Crippen LogP contribution is -2.18. The topological polar surface area (TPSA) is 93.2 Å². The van der Waals surface area contributed by atoms with Crippen molar-refractivity contribution in [3.8, 4) is 11.5 Å². The van der Waals surface area contributed by atoms with Gasteiger partial charge in [0.15, 0.2) is 0 Å². The van der Waals surface area contributed by atoms with Crippen molar-refractivity contribution in [1.29, 1.82) is 0 Å².